The van der Waals surface area contributed by atoms with Gasteiger partial charge in [-0.3, -0.25) is 0 Å². The second-order valence-electron chi connectivity index (χ2n) is 6.57. The Morgan fingerprint density at radius 2 is 1.79 bits per heavy atom. The molecule has 2 nitrogen and oxygen atoms in total. The predicted molar refractivity (Wildman–Crippen MR) is 80.4 cm³/mol. The van der Waals surface area contributed by atoms with E-state index < -0.39 is 0 Å². The maximum absolute atomic E-state index is 5.57. The molecule has 1 aliphatic rings. The number of hydrogen-bond donors (Lipinski definition) is 1. The van der Waals surface area contributed by atoms with Crippen LogP contribution < -0.4 is 5.32 Å². The highest BCUT2D eigenvalue weighted by molar-refractivity contribution is 5.27. The summed E-state index contributed by atoms with van der Waals surface area (Å²) in [6, 6.07) is 9.62. The smallest absolute Gasteiger partial charge is 0.0604 e. The number of nitrogens with one attached hydrogen (secondary N) is 1. The quantitative estimate of drug-likeness (QED) is 0.873. The van der Waals surface area contributed by atoms with Crippen LogP contribution >= 0.6 is 0 Å². The van der Waals surface area contributed by atoms with Gasteiger partial charge in [-0.05, 0) is 36.3 Å². The number of benzene rings is 1. The van der Waals surface area contributed by atoms with Crippen molar-refractivity contribution < 1.29 is 4.74 Å². The van der Waals surface area contributed by atoms with Gasteiger partial charge in [-0.1, -0.05) is 45.0 Å². The van der Waals surface area contributed by atoms with Crippen LogP contribution in [-0.2, 0) is 16.7 Å². The monoisotopic (exact) mass is 261 g/mol. The number of ether oxygens (including phenoxy) is 1. The molecule has 2 heteroatoms. The van der Waals surface area contributed by atoms with Gasteiger partial charge in [0.05, 0.1) is 6.10 Å². The summed E-state index contributed by atoms with van der Waals surface area (Å²) in [6.07, 6.45) is 2.81. The highest BCUT2D eigenvalue weighted by Gasteiger charge is 2.28. The van der Waals surface area contributed by atoms with E-state index in [1.165, 1.54) is 11.1 Å². The molecule has 0 spiro atoms. The molecule has 0 bridgehead atoms. The Balaban J connectivity index is 1.75. The van der Waals surface area contributed by atoms with Crippen LogP contribution in [0.3, 0.4) is 0 Å². The molecular formula is C17H27NO. The molecule has 1 aromatic carbocycles. The Morgan fingerprint density at radius 3 is 2.32 bits per heavy atom. The Morgan fingerprint density at radius 1 is 1.16 bits per heavy atom. The van der Waals surface area contributed by atoms with E-state index >= 15 is 0 Å². The normalized spacial score (nSPS) is 23.2. The average Bonchev–Trinajstić information content (AvgIpc) is 2.31. The minimum Gasteiger partial charge on any atom is -0.378 e. The van der Waals surface area contributed by atoms with Crippen molar-refractivity contribution in [1.29, 1.82) is 0 Å². The summed E-state index contributed by atoms with van der Waals surface area (Å²) in [7, 11) is 0. The first-order chi connectivity index (χ1) is 8.99. The summed E-state index contributed by atoms with van der Waals surface area (Å²) >= 11 is 0. The molecule has 1 fully saturated rings. The molecule has 1 saturated carbocycles. The molecular weight excluding hydrogens is 234 g/mol. The minimum atomic E-state index is 0.241. The van der Waals surface area contributed by atoms with Crippen LogP contribution in [-0.4, -0.2) is 18.8 Å². The second-order valence-corrected chi connectivity index (χ2v) is 6.57. The molecule has 0 unspecified atom stereocenters. The van der Waals surface area contributed by atoms with Crippen LogP contribution in [0.5, 0.6) is 0 Å². The van der Waals surface area contributed by atoms with Gasteiger partial charge in [0.2, 0.25) is 0 Å². The van der Waals surface area contributed by atoms with Crippen molar-refractivity contribution in [1.82, 2.24) is 5.32 Å². The van der Waals surface area contributed by atoms with Crippen molar-refractivity contribution in [3.8, 4) is 0 Å². The molecule has 1 aliphatic carbocycles. The van der Waals surface area contributed by atoms with Crippen LogP contribution in [0.15, 0.2) is 24.3 Å². The van der Waals surface area contributed by atoms with Gasteiger partial charge in [0.15, 0.2) is 0 Å². The van der Waals surface area contributed by atoms with Crippen molar-refractivity contribution in [2.24, 2.45) is 0 Å². The Labute approximate surface area is 117 Å². The van der Waals surface area contributed by atoms with Crippen LogP contribution in [0.2, 0.25) is 0 Å². The molecule has 0 atom stereocenters. The zero-order chi connectivity index (χ0) is 13.9. The van der Waals surface area contributed by atoms with Gasteiger partial charge >= 0.3 is 0 Å². The first-order valence-corrected chi connectivity index (χ1v) is 7.43. The summed E-state index contributed by atoms with van der Waals surface area (Å²) in [4.78, 5) is 0. The molecule has 0 amide bonds. The maximum Gasteiger partial charge on any atom is 0.0604 e. The minimum absolute atomic E-state index is 0.241. The predicted octanol–water partition coefficient (Wildman–Crippen LogP) is 3.64. The first kappa shape index (κ1) is 14.5. The van der Waals surface area contributed by atoms with Gasteiger partial charge in [0, 0.05) is 19.2 Å². The maximum atomic E-state index is 5.57. The molecule has 2 rings (SSSR count). The summed E-state index contributed by atoms with van der Waals surface area (Å²) in [5, 5.41) is 3.60. The fourth-order valence-electron chi connectivity index (χ4n) is 2.49. The van der Waals surface area contributed by atoms with E-state index in [0.29, 0.717) is 12.1 Å². The number of hydrogen-bond acceptors (Lipinski definition) is 2. The highest BCUT2D eigenvalue weighted by Crippen LogP contribution is 2.24. The van der Waals surface area contributed by atoms with Gasteiger partial charge in [0.1, 0.15) is 0 Å². The first-order valence-electron chi connectivity index (χ1n) is 7.43. The van der Waals surface area contributed by atoms with Gasteiger partial charge < -0.3 is 10.1 Å². The Kier molecular flexibility index (Phi) is 4.64. The average molecular weight is 261 g/mol. The van der Waals surface area contributed by atoms with Crippen LogP contribution in [0.4, 0.5) is 0 Å². The van der Waals surface area contributed by atoms with Crippen molar-refractivity contribution in [2.45, 2.75) is 64.6 Å². The standard InChI is InChI=1S/C17H27NO/c1-5-19-16-10-15(11-16)18-12-13-6-8-14(9-7-13)17(2,3)4/h6-9,15-16,18H,5,10-12H2,1-4H3. The third-order valence-electron chi connectivity index (χ3n) is 3.91. The summed E-state index contributed by atoms with van der Waals surface area (Å²) in [5.41, 5.74) is 3.01. The molecule has 1 N–H and O–H groups in total. The lowest BCUT2D eigenvalue weighted by molar-refractivity contribution is -0.0102. The second kappa shape index (κ2) is 6.06. The van der Waals surface area contributed by atoms with Gasteiger partial charge in [-0.25, -0.2) is 0 Å². The van der Waals surface area contributed by atoms with Crippen molar-refractivity contribution in [2.75, 3.05) is 6.61 Å². The van der Waals surface area contributed by atoms with E-state index in [0.717, 1.165) is 26.0 Å². The van der Waals surface area contributed by atoms with E-state index in [1.54, 1.807) is 0 Å². The number of rotatable bonds is 5. The van der Waals surface area contributed by atoms with Crippen LogP contribution in [0.1, 0.15) is 51.7 Å². The topological polar surface area (TPSA) is 21.3 Å². The molecule has 1 aromatic rings. The Bertz CT molecular complexity index is 385. The van der Waals surface area contributed by atoms with Crippen LogP contribution in [0, 0.1) is 0 Å². The van der Waals surface area contributed by atoms with E-state index in [1.807, 2.05) is 0 Å². The fraction of sp³-hybridized carbons (Fsp3) is 0.647. The molecule has 106 valence electrons. The Hall–Kier alpha value is -0.860. The summed E-state index contributed by atoms with van der Waals surface area (Å²) < 4.78 is 5.57. The van der Waals surface area contributed by atoms with E-state index in [-0.39, 0.29) is 5.41 Å². The molecule has 0 radical (unpaired) electrons. The molecule has 0 heterocycles. The van der Waals surface area contributed by atoms with E-state index in [4.69, 9.17) is 4.74 Å². The summed E-state index contributed by atoms with van der Waals surface area (Å²) in [5.74, 6) is 0. The van der Waals surface area contributed by atoms with Crippen molar-refractivity contribution in [3.63, 3.8) is 0 Å². The lowest BCUT2D eigenvalue weighted by Gasteiger charge is -2.35. The SMILES string of the molecule is CCOC1CC(NCc2ccc(C(C)(C)C)cc2)C1. The zero-order valence-electron chi connectivity index (χ0n) is 12.7. The largest absolute Gasteiger partial charge is 0.378 e. The van der Waals surface area contributed by atoms with Gasteiger partial charge in [-0.2, -0.15) is 0 Å². The highest BCUT2D eigenvalue weighted by atomic mass is 16.5. The van der Waals surface area contributed by atoms with E-state index in [9.17, 15) is 0 Å². The molecule has 0 aliphatic heterocycles. The summed E-state index contributed by atoms with van der Waals surface area (Å²) in [6.45, 7) is 10.6. The fourth-order valence-corrected chi connectivity index (χ4v) is 2.49. The molecule has 19 heavy (non-hydrogen) atoms. The van der Waals surface area contributed by atoms with Gasteiger partial charge in [0.25, 0.3) is 0 Å². The third-order valence-corrected chi connectivity index (χ3v) is 3.91. The van der Waals surface area contributed by atoms with E-state index in [2.05, 4.69) is 57.3 Å². The van der Waals surface area contributed by atoms with Crippen molar-refractivity contribution in [3.05, 3.63) is 35.4 Å². The molecule has 0 aromatic heterocycles. The lowest BCUT2D eigenvalue weighted by atomic mass is 9.86. The third kappa shape index (κ3) is 4.05. The van der Waals surface area contributed by atoms with Crippen LogP contribution in [0.25, 0.3) is 0 Å². The zero-order valence-corrected chi connectivity index (χ0v) is 12.7. The lowest BCUT2D eigenvalue weighted by Crippen LogP contribution is -2.45. The molecule has 0 saturated heterocycles. The van der Waals surface area contributed by atoms with Crippen molar-refractivity contribution >= 4 is 0 Å². The van der Waals surface area contributed by atoms with Gasteiger partial charge in [-0.15, -0.1) is 0 Å².